The molecule has 1 amide bonds. The van der Waals surface area contributed by atoms with Crippen molar-refractivity contribution in [3.05, 3.63) is 54.0 Å². The first kappa shape index (κ1) is 18.8. The lowest BCUT2D eigenvalue weighted by Crippen LogP contribution is -2.40. The van der Waals surface area contributed by atoms with Gasteiger partial charge in [0.05, 0.1) is 13.2 Å². The second-order valence-corrected chi connectivity index (χ2v) is 7.24. The molecule has 0 aromatic carbocycles. The van der Waals surface area contributed by atoms with Crippen LogP contribution in [0.4, 0.5) is 5.82 Å². The lowest BCUT2D eigenvalue weighted by Gasteiger charge is -2.30. The molecule has 1 N–H and O–H groups in total. The van der Waals surface area contributed by atoms with Gasteiger partial charge in [0.2, 0.25) is 5.91 Å². The molecule has 1 atom stereocenters. The topological polar surface area (TPSA) is 70.6 Å². The molecular weight excluding hydrogens is 354 g/mol. The molecule has 4 heterocycles. The van der Waals surface area contributed by atoms with Crippen molar-refractivity contribution in [2.24, 2.45) is 0 Å². The summed E-state index contributed by atoms with van der Waals surface area (Å²) in [5.74, 6) is 0.955. The molecule has 0 spiro atoms. The quantitative estimate of drug-likeness (QED) is 0.822. The van der Waals surface area contributed by atoms with Crippen molar-refractivity contribution in [1.82, 2.24) is 20.2 Å². The molecule has 2 aliphatic heterocycles. The van der Waals surface area contributed by atoms with E-state index in [4.69, 9.17) is 4.74 Å². The maximum Gasteiger partial charge on any atom is 0.242 e. The van der Waals surface area contributed by atoms with Crippen LogP contribution in [0, 0.1) is 0 Å². The number of likely N-dealkylation sites (tertiary alicyclic amines) is 1. The number of nitrogens with zero attached hydrogens (tertiary/aromatic N) is 4. The summed E-state index contributed by atoms with van der Waals surface area (Å²) in [6, 6.07) is 7.54. The van der Waals surface area contributed by atoms with Gasteiger partial charge in [0.15, 0.2) is 0 Å². The van der Waals surface area contributed by atoms with Gasteiger partial charge in [-0.3, -0.25) is 14.7 Å². The first-order valence-electron chi connectivity index (χ1n) is 10.0. The van der Waals surface area contributed by atoms with Crippen molar-refractivity contribution in [3.63, 3.8) is 0 Å². The zero-order valence-corrected chi connectivity index (χ0v) is 16.1. The lowest BCUT2D eigenvalue weighted by molar-refractivity contribution is -0.126. The van der Waals surface area contributed by atoms with Gasteiger partial charge < -0.3 is 15.0 Å². The predicted octanol–water partition coefficient (Wildman–Crippen LogP) is 1.77. The number of hydrogen-bond donors (Lipinski definition) is 1. The number of carbonyl (C=O) groups excluding carboxylic acids is 1. The van der Waals surface area contributed by atoms with Crippen molar-refractivity contribution < 1.29 is 9.53 Å². The van der Waals surface area contributed by atoms with E-state index in [9.17, 15) is 4.79 Å². The molecule has 7 nitrogen and oxygen atoms in total. The molecule has 28 heavy (non-hydrogen) atoms. The Hall–Kier alpha value is -2.51. The Bertz CT molecular complexity index is 773. The first-order chi connectivity index (χ1) is 13.8. The fourth-order valence-corrected chi connectivity index (χ4v) is 3.97. The van der Waals surface area contributed by atoms with Crippen LogP contribution in [-0.2, 0) is 16.1 Å². The molecule has 2 aromatic rings. The third-order valence-electron chi connectivity index (χ3n) is 5.39. The highest BCUT2D eigenvalue weighted by molar-refractivity contribution is 5.83. The number of pyridine rings is 2. The fraction of sp³-hybridized carbons (Fsp3) is 0.476. The molecule has 0 unspecified atom stereocenters. The maximum absolute atomic E-state index is 13.2. The van der Waals surface area contributed by atoms with Crippen LogP contribution in [0.25, 0.3) is 0 Å². The molecule has 2 fully saturated rings. The van der Waals surface area contributed by atoms with Crippen LogP contribution in [0.3, 0.4) is 0 Å². The van der Waals surface area contributed by atoms with Gasteiger partial charge in [0.1, 0.15) is 11.9 Å². The Kier molecular flexibility index (Phi) is 6.14. The summed E-state index contributed by atoms with van der Waals surface area (Å²) in [7, 11) is 0. The number of amides is 1. The first-order valence-corrected chi connectivity index (χ1v) is 10.0. The summed E-state index contributed by atoms with van der Waals surface area (Å²) >= 11 is 0. The van der Waals surface area contributed by atoms with Gasteiger partial charge in [-0.05, 0) is 43.6 Å². The number of nitrogens with one attached hydrogen (secondary N) is 1. The zero-order valence-electron chi connectivity index (χ0n) is 16.1. The van der Waals surface area contributed by atoms with Gasteiger partial charge in [0.25, 0.3) is 0 Å². The van der Waals surface area contributed by atoms with E-state index in [1.165, 1.54) is 0 Å². The van der Waals surface area contributed by atoms with Gasteiger partial charge >= 0.3 is 0 Å². The summed E-state index contributed by atoms with van der Waals surface area (Å²) in [6.45, 7) is 5.41. The second-order valence-electron chi connectivity index (χ2n) is 7.24. The Balaban J connectivity index is 1.48. The van der Waals surface area contributed by atoms with Crippen molar-refractivity contribution in [2.75, 3.05) is 44.3 Å². The Morgan fingerprint density at radius 2 is 1.89 bits per heavy atom. The van der Waals surface area contributed by atoms with Crippen LogP contribution in [0.15, 0.2) is 42.9 Å². The molecule has 2 saturated heterocycles. The Labute approximate surface area is 165 Å². The number of ether oxygens (including phenoxy) is 1. The van der Waals surface area contributed by atoms with Crippen molar-refractivity contribution in [2.45, 2.75) is 25.4 Å². The van der Waals surface area contributed by atoms with E-state index in [-0.39, 0.29) is 11.9 Å². The van der Waals surface area contributed by atoms with E-state index < -0.39 is 0 Å². The van der Waals surface area contributed by atoms with Crippen LogP contribution < -0.4 is 10.2 Å². The van der Waals surface area contributed by atoms with Crippen LogP contribution in [0.2, 0.25) is 0 Å². The third kappa shape index (κ3) is 4.31. The zero-order chi connectivity index (χ0) is 19.2. The Morgan fingerprint density at radius 3 is 2.64 bits per heavy atom. The number of rotatable bonds is 6. The van der Waals surface area contributed by atoms with Gasteiger partial charge in [-0.2, -0.15) is 0 Å². The van der Waals surface area contributed by atoms with Crippen molar-refractivity contribution in [3.8, 4) is 0 Å². The minimum Gasteiger partial charge on any atom is -0.378 e. The number of morpholine rings is 1. The standard InChI is InChI=1S/C21H27N5O2/c27-21(19(25-9-1-2-10-25)17-5-3-7-22-15-17)24-16-18-6-4-8-23-20(18)26-11-13-28-14-12-26/h3-8,15,19H,1-2,9-14,16H2,(H,24,27)/t19-/m1/s1. The number of anilines is 1. The Morgan fingerprint density at radius 1 is 1.11 bits per heavy atom. The minimum atomic E-state index is -0.292. The summed E-state index contributed by atoms with van der Waals surface area (Å²) in [5, 5.41) is 3.15. The van der Waals surface area contributed by atoms with Gasteiger partial charge in [-0.15, -0.1) is 0 Å². The largest absolute Gasteiger partial charge is 0.378 e. The molecule has 0 radical (unpaired) electrons. The molecule has 0 bridgehead atoms. The maximum atomic E-state index is 13.2. The molecule has 4 rings (SSSR count). The summed E-state index contributed by atoms with van der Waals surface area (Å²) in [4.78, 5) is 26.4. The van der Waals surface area contributed by atoms with Gasteiger partial charge in [0, 0.05) is 43.8 Å². The molecule has 2 aliphatic rings. The number of aromatic nitrogens is 2. The van der Waals surface area contributed by atoms with E-state index in [1.807, 2.05) is 24.3 Å². The van der Waals surface area contributed by atoms with E-state index in [0.717, 1.165) is 56.0 Å². The minimum absolute atomic E-state index is 0.0201. The van der Waals surface area contributed by atoms with E-state index in [1.54, 1.807) is 18.6 Å². The number of carbonyl (C=O) groups is 1. The highest BCUT2D eigenvalue weighted by atomic mass is 16.5. The van der Waals surface area contributed by atoms with Crippen LogP contribution in [0.1, 0.15) is 30.0 Å². The van der Waals surface area contributed by atoms with Crippen molar-refractivity contribution in [1.29, 1.82) is 0 Å². The summed E-state index contributed by atoms with van der Waals surface area (Å²) in [5.41, 5.74) is 1.98. The van der Waals surface area contributed by atoms with Gasteiger partial charge in [-0.25, -0.2) is 4.98 Å². The lowest BCUT2D eigenvalue weighted by atomic mass is 10.1. The molecule has 148 valence electrons. The highest BCUT2D eigenvalue weighted by Crippen LogP contribution is 2.25. The molecule has 0 saturated carbocycles. The third-order valence-corrected chi connectivity index (χ3v) is 5.39. The smallest absolute Gasteiger partial charge is 0.242 e. The second kappa shape index (κ2) is 9.12. The average molecular weight is 381 g/mol. The monoisotopic (exact) mass is 381 g/mol. The highest BCUT2D eigenvalue weighted by Gasteiger charge is 2.30. The molecule has 2 aromatic heterocycles. The summed E-state index contributed by atoms with van der Waals surface area (Å²) in [6.07, 6.45) is 7.61. The van der Waals surface area contributed by atoms with Crippen LogP contribution in [0.5, 0.6) is 0 Å². The molecule has 0 aliphatic carbocycles. The predicted molar refractivity (Wildman–Crippen MR) is 107 cm³/mol. The molecule has 7 heteroatoms. The van der Waals surface area contributed by atoms with E-state index in [2.05, 4.69) is 25.1 Å². The molecular formula is C21H27N5O2. The van der Waals surface area contributed by atoms with E-state index in [0.29, 0.717) is 19.8 Å². The van der Waals surface area contributed by atoms with Gasteiger partial charge in [-0.1, -0.05) is 12.1 Å². The van der Waals surface area contributed by atoms with Crippen LogP contribution >= 0.6 is 0 Å². The normalized spacial score (nSPS) is 18.8. The summed E-state index contributed by atoms with van der Waals surface area (Å²) < 4.78 is 5.45. The van der Waals surface area contributed by atoms with Crippen LogP contribution in [-0.4, -0.2) is 60.2 Å². The van der Waals surface area contributed by atoms with E-state index >= 15 is 0 Å². The fourth-order valence-electron chi connectivity index (χ4n) is 3.97. The SMILES string of the molecule is O=C(NCc1cccnc1N1CCOCC1)[C@@H](c1cccnc1)N1CCCC1. The average Bonchev–Trinajstić information content (AvgIpc) is 3.28. The number of hydrogen-bond acceptors (Lipinski definition) is 6. The van der Waals surface area contributed by atoms with Crippen molar-refractivity contribution >= 4 is 11.7 Å².